The molecule has 1 fully saturated rings. The Hall–Kier alpha value is -1.56. The average molecular weight is 252 g/mol. The number of nitrogen functional groups attached to an aromatic ring is 1. The van der Waals surface area contributed by atoms with Crippen molar-refractivity contribution in [1.29, 1.82) is 0 Å². The van der Waals surface area contributed by atoms with Crippen LogP contribution in [-0.4, -0.2) is 32.9 Å². The minimum Gasteiger partial charge on any atom is -0.396 e. The van der Waals surface area contributed by atoms with Crippen LogP contribution in [0.25, 0.3) is 0 Å². The molecule has 1 aliphatic rings. The van der Waals surface area contributed by atoms with Crippen LogP contribution in [-0.2, 0) is 11.3 Å². The number of carbonyl (C=O) groups excluding carboxylic acids is 1. The predicted molar refractivity (Wildman–Crippen MR) is 67.7 cm³/mol. The highest BCUT2D eigenvalue weighted by atomic mass is 16.3. The topological polar surface area (TPSA) is 93.2 Å². The lowest BCUT2D eigenvalue weighted by Gasteiger charge is -2.36. The molecule has 1 heterocycles. The maximum Gasteiger partial charge on any atom is 0.242 e. The number of anilines is 1. The summed E-state index contributed by atoms with van der Waals surface area (Å²) in [4.78, 5) is 11.9. The zero-order valence-electron chi connectivity index (χ0n) is 10.4. The Kier molecular flexibility index (Phi) is 3.86. The molecule has 1 amide bonds. The van der Waals surface area contributed by atoms with Crippen LogP contribution < -0.4 is 11.1 Å². The van der Waals surface area contributed by atoms with Crippen molar-refractivity contribution < 1.29 is 9.90 Å². The number of amides is 1. The largest absolute Gasteiger partial charge is 0.396 e. The average Bonchev–Trinajstić information content (AvgIpc) is 2.75. The van der Waals surface area contributed by atoms with Gasteiger partial charge in [-0.1, -0.05) is 19.3 Å². The molecule has 0 spiro atoms. The summed E-state index contributed by atoms with van der Waals surface area (Å²) in [5, 5.41) is 16.4. The smallest absolute Gasteiger partial charge is 0.242 e. The van der Waals surface area contributed by atoms with E-state index in [9.17, 15) is 9.90 Å². The SMILES string of the molecule is Nc1cnn(CC(=O)NC2(CO)CCCCC2)c1. The number of aliphatic hydroxyl groups excluding tert-OH is 1. The van der Waals surface area contributed by atoms with Crippen LogP contribution in [0.15, 0.2) is 12.4 Å². The number of hydrogen-bond acceptors (Lipinski definition) is 4. The van der Waals surface area contributed by atoms with Crippen LogP contribution in [0.4, 0.5) is 5.69 Å². The molecule has 0 saturated heterocycles. The van der Waals surface area contributed by atoms with Crippen molar-refractivity contribution in [3.8, 4) is 0 Å². The molecule has 1 aromatic rings. The minimum atomic E-state index is -0.436. The van der Waals surface area contributed by atoms with E-state index in [4.69, 9.17) is 5.73 Å². The van der Waals surface area contributed by atoms with E-state index in [1.165, 1.54) is 17.3 Å². The summed E-state index contributed by atoms with van der Waals surface area (Å²) in [6, 6.07) is 0. The number of carbonyl (C=O) groups is 1. The highest BCUT2D eigenvalue weighted by Gasteiger charge is 2.32. The first kappa shape index (κ1) is 12.9. The third kappa shape index (κ3) is 3.01. The fourth-order valence-corrected chi connectivity index (χ4v) is 2.50. The first-order chi connectivity index (χ1) is 8.63. The number of nitrogens with two attached hydrogens (primary N) is 1. The van der Waals surface area contributed by atoms with E-state index in [0.717, 1.165) is 25.7 Å². The van der Waals surface area contributed by atoms with E-state index in [0.29, 0.717) is 5.69 Å². The summed E-state index contributed by atoms with van der Waals surface area (Å²) in [6.07, 6.45) is 8.09. The maximum absolute atomic E-state index is 11.9. The summed E-state index contributed by atoms with van der Waals surface area (Å²) >= 11 is 0. The molecule has 0 bridgehead atoms. The Labute approximate surface area is 106 Å². The first-order valence-electron chi connectivity index (χ1n) is 6.33. The number of hydrogen-bond donors (Lipinski definition) is 3. The third-order valence-corrected chi connectivity index (χ3v) is 3.48. The molecule has 0 aromatic carbocycles. The van der Waals surface area contributed by atoms with Crippen molar-refractivity contribution in [2.45, 2.75) is 44.2 Å². The fourth-order valence-electron chi connectivity index (χ4n) is 2.50. The molecule has 0 atom stereocenters. The molecular formula is C12H20N4O2. The molecule has 6 nitrogen and oxygen atoms in total. The monoisotopic (exact) mass is 252 g/mol. The van der Waals surface area contributed by atoms with Crippen LogP contribution >= 0.6 is 0 Å². The predicted octanol–water partition coefficient (Wildman–Crippen LogP) is 0.277. The molecule has 6 heteroatoms. The Bertz CT molecular complexity index is 410. The van der Waals surface area contributed by atoms with Gasteiger partial charge in [0.1, 0.15) is 6.54 Å². The number of aliphatic hydroxyl groups is 1. The van der Waals surface area contributed by atoms with Crippen molar-refractivity contribution >= 4 is 11.6 Å². The Balaban J connectivity index is 1.93. The number of aromatic nitrogens is 2. The maximum atomic E-state index is 11.9. The van der Waals surface area contributed by atoms with Gasteiger partial charge < -0.3 is 16.2 Å². The van der Waals surface area contributed by atoms with E-state index < -0.39 is 5.54 Å². The normalized spacial score (nSPS) is 18.5. The van der Waals surface area contributed by atoms with Crippen LogP contribution in [0.5, 0.6) is 0 Å². The van der Waals surface area contributed by atoms with Crippen LogP contribution in [0, 0.1) is 0 Å². The molecule has 0 radical (unpaired) electrons. The van der Waals surface area contributed by atoms with Gasteiger partial charge in [0, 0.05) is 6.20 Å². The van der Waals surface area contributed by atoms with Crippen molar-refractivity contribution in [2.75, 3.05) is 12.3 Å². The summed E-state index contributed by atoms with van der Waals surface area (Å²) in [5.74, 6) is -0.131. The quantitative estimate of drug-likeness (QED) is 0.717. The van der Waals surface area contributed by atoms with E-state index in [1.807, 2.05) is 0 Å². The van der Waals surface area contributed by atoms with Gasteiger partial charge in [-0.25, -0.2) is 0 Å². The summed E-state index contributed by atoms with van der Waals surface area (Å²) < 4.78 is 1.50. The fraction of sp³-hybridized carbons (Fsp3) is 0.667. The highest BCUT2D eigenvalue weighted by Crippen LogP contribution is 2.27. The van der Waals surface area contributed by atoms with Gasteiger partial charge in [0.15, 0.2) is 0 Å². The molecule has 1 aliphatic carbocycles. The van der Waals surface area contributed by atoms with Crippen molar-refractivity contribution in [1.82, 2.24) is 15.1 Å². The van der Waals surface area contributed by atoms with E-state index in [1.54, 1.807) is 6.20 Å². The van der Waals surface area contributed by atoms with Gasteiger partial charge in [-0.05, 0) is 12.8 Å². The van der Waals surface area contributed by atoms with Gasteiger partial charge in [0.05, 0.1) is 24.0 Å². The summed E-state index contributed by atoms with van der Waals surface area (Å²) in [5.41, 5.74) is 5.64. The molecule has 100 valence electrons. The number of nitrogens with one attached hydrogen (secondary N) is 1. The lowest BCUT2D eigenvalue weighted by Crippen LogP contribution is -2.53. The second kappa shape index (κ2) is 5.39. The number of rotatable bonds is 4. The Morgan fingerprint density at radius 2 is 2.22 bits per heavy atom. The standard InChI is InChI=1S/C12H20N4O2/c13-10-6-14-16(7-10)8-11(18)15-12(9-17)4-2-1-3-5-12/h6-7,17H,1-5,8-9,13H2,(H,15,18). The molecule has 1 aromatic heterocycles. The first-order valence-corrected chi connectivity index (χ1v) is 6.33. The summed E-state index contributed by atoms with van der Waals surface area (Å²) in [6.45, 7) is 0.138. The van der Waals surface area contributed by atoms with E-state index in [2.05, 4.69) is 10.4 Å². The Morgan fingerprint density at radius 1 is 1.50 bits per heavy atom. The van der Waals surface area contributed by atoms with Crippen LogP contribution in [0.3, 0.4) is 0 Å². The van der Waals surface area contributed by atoms with E-state index in [-0.39, 0.29) is 19.1 Å². The van der Waals surface area contributed by atoms with Crippen LogP contribution in [0.2, 0.25) is 0 Å². The van der Waals surface area contributed by atoms with Crippen molar-refractivity contribution in [2.24, 2.45) is 0 Å². The van der Waals surface area contributed by atoms with Crippen LogP contribution in [0.1, 0.15) is 32.1 Å². The zero-order chi connectivity index (χ0) is 13.0. The Morgan fingerprint density at radius 3 is 2.78 bits per heavy atom. The van der Waals surface area contributed by atoms with Crippen molar-refractivity contribution in [3.63, 3.8) is 0 Å². The second-order valence-corrected chi connectivity index (χ2v) is 5.02. The van der Waals surface area contributed by atoms with Gasteiger partial charge >= 0.3 is 0 Å². The summed E-state index contributed by atoms with van der Waals surface area (Å²) in [7, 11) is 0. The van der Waals surface area contributed by atoms with Gasteiger partial charge in [-0.2, -0.15) is 5.10 Å². The van der Waals surface area contributed by atoms with Gasteiger partial charge in [-0.3, -0.25) is 9.48 Å². The number of nitrogens with zero attached hydrogens (tertiary/aromatic N) is 2. The minimum absolute atomic E-state index is 0.0000139. The molecule has 0 unspecified atom stereocenters. The molecule has 0 aliphatic heterocycles. The molecule has 1 saturated carbocycles. The molecule has 2 rings (SSSR count). The third-order valence-electron chi connectivity index (χ3n) is 3.48. The molecule has 4 N–H and O–H groups in total. The lowest BCUT2D eigenvalue weighted by molar-refractivity contribution is -0.125. The van der Waals surface area contributed by atoms with Gasteiger partial charge in [0.2, 0.25) is 5.91 Å². The van der Waals surface area contributed by atoms with Gasteiger partial charge in [0.25, 0.3) is 0 Å². The lowest BCUT2D eigenvalue weighted by atomic mass is 9.82. The zero-order valence-corrected chi connectivity index (χ0v) is 10.4. The molecular weight excluding hydrogens is 232 g/mol. The van der Waals surface area contributed by atoms with Gasteiger partial charge in [-0.15, -0.1) is 0 Å². The van der Waals surface area contributed by atoms with E-state index >= 15 is 0 Å². The highest BCUT2D eigenvalue weighted by molar-refractivity contribution is 5.76. The van der Waals surface area contributed by atoms with Crippen molar-refractivity contribution in [3.05, 3.63) is 12.4 Å². The molecule has 18 heavy (non-hydrogen) atoms. The second-order valence-electron chi connectivity index (χ2n) is 5.02.